The van der Waals surface area contributed by atoms with Crippen LogP contribution in [0.25, 0.3) is 0 Å². The number of hydrogen-bond acceptors (Lipinski definition) is 3. The first-order chi connectivity index (χ1) is 7.20. The summed E-state index contributed by atoms with van der Waals surface area (Å²) in [6.07, 6.45) is 1.69. The van der Waals surface area contributed by atoms with E-state index >= 15 is 0 Å². The van der Waals surface area contributed by atoms with Crippen LogP contribution in [0, 0.1) is 6.92 Å². The van der Waals surface area contributed by atoms with Gasteiger partial charge >= 0.3 is 0 Å². The summed E-state index contributed by atoms with van der Waals surface area (Å²) in [7, 11) is 3.45. The second-order valence-corrected chi connectivity index (χ2v) is 4.78. The molecule has 0 aliphatic rings. The van der Waals surface area contributed by atoms with Crippen LogP contribution in [0.5, 0.6) is 0 Å². The molecular weight excluding hydrogens is 206 g/mol. The van der Waals surface area contributed by atoms with Gasteiger partial charge in [0.15, 0.2) is 0 Å². The van der Waals surface area contributed by atoms with Gasteiger partial charge in [-0.3, -0.25) is 9.48 Å². The molecule has 0 saturated heterocycles. The van der Waals surface area contributed by atoms with Gasteiger partial charge in [-0.15, -0.1) is 0 Å². The standard InChI is InChI=1S/C11H19N3O2/c1-8-9(6-14(5)12-8)10(15)13(4)7-11(2,3)16/h6,16H,7H2,1-5H3. The maximum Gasteiger partial charge on any atom is 0.257 e. The van der Waals surface area contributed by atoms with Crippen molar-refractivity contribution in [3.8, 4) is 0 Å². The minimum atomic E-state index is -0.888. The van der Waals surface area contributed by atoms with Crippen molar-refractivity contribution >= 4 is 5.91 Å². The Hall–Kier alpha value is -1.36. The largest absolute Gasteiger partial charge is 0.389 e. The minimum absolute atomic E-state index is 0.118. The first kappa shape index (κ1) is 12.7. The Morgan fingerprint density at radius 1 is 1.62 bits per heavy atom. The average Bonchev–Trinajstić information content (AvgIpc) is 2.41. The molecule has 0 spiro atoms. The van der Waals surface area contributed by atoms with E-state index in [4.69, 9.17) is 0 Å². The predicted octanol–water partition coefficient (Wildman–Crippen LogP) is 0.571. The summed E-state index contributed by atoms with van der Waals surface area (Å²) in [5.41, 5.74) is 0.393. The van der Waals surface area contributed by atoms with Gasteiger partial charge in [-0.2, -0.15) is 5.10 Å². The number of nitrogens with zero attached hydrogens (tertiary/aromatic N) is 3. The monoisotopic (exact) mass is 225 g/mol. The van der Waals surface area contributed by atoms with E-state index < -0.39 is 5.60 Å². The summed E-state index contributed by atoms with van der Waals surface area (Å²) in [6.45, 7) is 5.44. The van der Waals surface area contributed by atoms with Crippen LogP contribution >= 0.6 is 0 Å². The third-order valence-corrected chi connectivity index (χ3v) is 2.21. The summed E-state index contributed by atoms with van der Waals surface area (Å²) in [5.74, 6) is -0.118. The molecule has 0 aliphatic carbocycles. The molecule has 0 bridgehead atoms. The van der Waals surface area contributed by atoms with Crippen molar-refractivity contribution in [1.82, 2.24) is 14.7 Å². The van der Waals surface area contributed by atoms with Crippen molar-refractivity contribution in [3.63, 3.8) is 0 Å². The van der Waals surface area contributed by atoms with Crippen molar-refractivity contribution in [2.24, 2.45) is 7.05 Å². The van der Waals surface area contributed by atoms with Crippen LogP contribution in [0.3, 0.4) is 0 Å². The molecule has 1 heterocycles. The maximum atomic E-state index is 12.0. The van der Waals surface area contributed by atoms with Gasteiger partial charge < -0.3 is 10.0 Å². The molecule has 0 aliphatic heterocycles. The molecule has 0 unspecified atom stereocenters. The van der Waals surface area contributed by atoms with Crippen LogP contribution in [0.4, 0.5) is 0 Å². The van der Waals surface area contributed by atoms with Crippen molar-refractivity contribution in [2.75, 3.05) is 13.6 Å². The maximum absolute atomic E-state index is 12.0. The quantitative estimate of drug-likeness (QED) is 0.818. The molecule has 1 N–H and O–H groups in total. The molecule has 0 atom stereocenters. The Balaban J connectivity index is 2.82. The average molecular weight is 225 g/mol. The lowest BCUT2D eigenvalue weighted by molar-refractivity contribution is 0.0367. The van der Waals surface area contributed by atoms with Crippen LogP contribution in [0.2, 0.25) is 0 Å². The van der Waals surface area contributed by atoms with E-state index in [9.17, 15) is 9.90 Å². The smallest absolute Gasteiger partial charge is 0.257 e. The summed E-state index contributed by atoms with van der Waals surface area (Å²) >= 11 is 0. The first-order valence-electron chi connectivity index (χ1n) is 5.19. The van der Waals surface area contributed by atoms with E-state index in [1.165, 1.54) is 4.90 Å². The fraction of sp³-hybridized carbons (Fsp3) is 0.636. The van der Waals surface area contributed by atoms with Crippen LogP contribution in [0.15, 0.2) is 6.20 Å². The zero-order valence-corrected chi connectivity index (χ0v) is 10.5. The van der Waals surface area contributed by atoms with Crippen molar-refractivity contribution in [3.05, 3.63) is 17.5 Å². The molecule has 1 aromatic rings. The van der Waals surface area contributed by atoms with Gasteiger partial charge in [0.1, 0.15) is 0 Å². The number of amides is 1. The highest BCUT2D eigenvalue weighted by Gasteiger charge is 2.22. The second kappa shape index (κ2) is 4.25. The van der Waals surface area contributed by atoms with Crippen LogP contribution < -0.4 is 0 Å². The number of aromatic nitrogens is 2. The number of likely N-dealkylation sites (N-methyl/N-ethyl adjacent to an activating group) is 1. The zero-order chi connectivity index (χ0) is 12.5. The zero-order valence-electron chi connectivity index (χ0n) is 10.5. The number of aliphatic hydroxyl groups is 1. The van der Waals surface area contributed by atoms with Gasteiger partial charge in [-0.1, -0.05) is 0 Å². The fourth-order valence-electron chi connectivity index (χ4n) is 1.67. The van der Waals surface area contributed by atoms with Crippen LogP contribution in [0.1, 0.15) is 29.9 Å². The Morgan fingerprint density at radius 3 is 2.56 bits per heavy atom. The predicted molar refractivity (Wildman–Crippen MR) is 61.2 cm³/mol. The van der Waals surface area contributed by atoms with E-state index in [-0.39, 0.29) is 5.91 Å². The van der Waals surface area contributed by atoms with Crippen molar-refractivity contribution < 1.29 is 9.90 Å². The highest BCUT2D eigenvalue weighted by atomic mass is 16.3. The van der Waals surface area contributed by atoms with Crippen molar-refractivity contribution in [1.29, 1.82) is 0 Å². The summed E-state index contributed by atoms with van der Waals surface area (Å²) < 4.78 is 1.61. The normalized spacial score (nSPS) is 11.6. The Bertz CT molecular complexity index is 390. The lowest BCUT2D eigenvalue weighted by Crippen LogP contribution is -2.39. The molecule has 90 valence electrons. The molecule has 0 radical (unpaired) electrons. The van der Waals surface area contributed by atoms with E-state index in [1.807, 2.05) is 0 Å². The first-order valence-corrected chi connectivity index (χ1v) is 5.19. The van der Waals surface area contributed by atoms with E-state index in [0.29, 0.717) is 17.8 Å². The van der Waals surface area contributed by atoms with Gasteiger partial charge in [0, 0.05) is 26.8 Å². The van der Waals surface area contributed by atoms with E-state index in [1.54, 1.807) is 45.7 Å². The highest BCUT2D eigenvalue weighted by Crippen LogP contribution is 2.10. The topological polar surface area (TPSA) is 58.4 Å². The molecule has 0 fully saturated rings. The Kier molecular flexibility index (Phi) is 3.38. The number of hydrogen-bond donors (Lipinski definition) is 1. The van der Waals surface area contributed by atoms with E-state index in [2.05, 4.69) is 5.10 Å². The molecule has 1 aromatic heterocycles. The third kappa shape index (κ3) is 3.06. The van der Waals surface area contributed by atoms with Gasteiger partial charge in [-0.25, -0.2) is 0 Å². The fourth-order valence-corrected chi connectivity index (χ4v) is 1.67. The van der Waals surface area contributed by atoms with Gasteiger partial charge in [0.05, 0.1) is 16.9 Å². The van der Waals surface area contributed by atoms with Crippen LogP contribution in [-0.4, -0.2) is 44.9 Å². The lowest BCUT2D eigenvalue weighted by atomic mass is 10.1. The summed E-state index contributed by atoms with van der Waals surface area (Å²) in [6, 6.07) is 0. The lowest BCUT2D eigenvalue weighted by Gasteiger charge is -2.25. The van der Waals surface area contributed by atoms with Gasteiger partial charge in [0.25, 0.3) is 5.91 Å². The highest BCUT2D eigenvalue weighted by molar-refractivity contribution is 5.94. The molecule has 5 heteroatoms. The Labute approximate surface area is 95.7 Å². The molecule has 5 nitrogen and oxygen atoms in total. The number of carbonyl (C=O) groups excluding carboxylic acids is 1. The third-order valence-electron chi connectivity index (χ3n) is 2.21. The minimum Gasteiger partial charge on any atom is -0.389 e. The molecule has 1 amide bonds. The van der Waals surface area contributed by atoms with E-state index in [0.717, 1.165) is 0 Å². The van der Waals surface area contributed by atoms with Gasteiger partial charge in [0.2, 0.25) is 0 Å². The second-order valence-electron chi connectivity index (χ2n) is 4.78. The SMILES string of the molecule is Cc1nn(C)cc1C(=O)N(C)CC(C)(C)O. The molecule has 0 aromatic carbocycles. The van der Waals surface area contributed by atoms with Crippen LogP contribution in [-0.2, 0) is 7.05 Å². The summed E-state index contributed by atoms with van der Waals surface area (Å²) in [4.78, 5) is 13.5. The van der Waals surface area contributed by atoms with Gasteiger partial charge in [-0.05, 0) is 20.8 Å². The molecule has 16 heavy (non-hydrogen) atoms. The molecule has 0 saturated carbocycles. The number of aryl methyl sites for hydroxylation is 2. The Morgan fingerprint density at radius 2 is 2.19 bits per heavy atom. The number of carbonyl (C=O) groups is 1. The van der Waals surface area contributed by atoms with Crippen molar-refractivity contribution in [2.45, 2.75) is 26.4 Å². The number of rotatable bonds is 3. The summed E-state index contributed by atoms with van der Waals surface area (Å²) in [5, 5.41) is 13.8. The molecular formula is C11H19N3O2. The molecule has 1 rings (SSSR count).